The van der Waals surface area contributed by atoms with Crippen LogP contribution < -0.4 is 5.32 Å². The number of thiophene rings is 1. The second kappa shape index (κ2) is 4.80. The lowest BCUT2D eigenvalue weighted by Crippen LogP contribution is -2.07. The van der Waals surface area contributed by atoms with Crippen LogP contribution in [0.1, 0.15) is 11.3 Å². The minimum Gasteiger partial charge on any atom is -0.319 e. The van der Waals surface area contributed by atoms with Gasteiger partial charge in [0.15, 0.2) is 0 Å². The van der Waals surface area contributed by atoms with Crippen molar-refractivity contribution in [2.45, 2.75) is 6.42 Å². The highest BCUT2D eigenvalue weighted by Crippen LogP contribution is 2.28. The van der Waals surface area contributed by atoms with Gasteiger partial charge in [-0.1, -0.05) is 6.58 Å². The second-order valence-electron chi connectivity index (χ2n) is 2.56. The van der Waals surface area contributed by atoms with Gasteiger partial charge in [-0.25, -0.2) is 0 Å². The molecule has 0 fully saturated rings. The first-order valence-corrected chi connectivity index (χ1v) is 5.43. The van der Waals surface area contributed by atoms with Crippen molar-refractivity contribution < 1.29 is 0 Å². The van der Waals surface area contributed by atoms with E-state index in [0.717, 1.165) is 13.0 Å². The summed E-state index contributed by atoms with van der Waals surface area (Å²) in [5.74, 6) is 0. The third kappa shape index (κ3) is 2.73. The van der Waals surface area contributed by atoms with E-state index in [0.29, 0.717) is 0 Å². The first-order valence-electron chi connectivity index (χ1n) is 3.82. The summed E-state index contributed by atoms with van der Waals surface area (Å²) in [4.78, 5) is 1.28. The standard InChI is InChI=1S/C9H12BrNS/c1-7(5-6-11-2)8-3-4-9(10)12-8/h3-4,11H,1,5-6H2,2H3. The molecule has 0 radical (unpaired) electrons. The van der Waals surface area contributed by atoms with Gasteiger partial charge in [0.2, 0.25) is 0 Å². The Kier molecular flexibility index (Phi) is 3.98. The van der Waals surface area contributed by atoms with E-state index in [1.807, 2.05) is 7.05 Å². The third-order valence-electron chi connectivity index (χ3n) is 1.60. The highest BCUT2D eigenvalue weighted by atomic mass is 79.9. The number of hydrogen-bond acceptors (Lipinski definition) is 2. The van der Waals surface area contributed by atoms with Gasteiger partial charge in [-0.15, -0.1) is 11.3 Å². The molecule has 0 amide bonds. The van der Waals surface area contributed by atoms with Crippen LogP contribution in [0.5, 0.6) is 0 Å². The van der Waals surface area contributed by atoms with Crippen LogP contribution in [-0.4, -0.2) is 13.6 Å². The van der Waals surface area contributed by atoms with Crippen molar-refractivity contribution >= 4 is 32.8 Å². The minimum absolute atomic E-state index is 0.994. The predicted molar refractivity (Wildman–Crippen MR) is 59.6 cm³/mol. The summed E-state index contributed by atoms with van der Waals surface area (Å²) in [6.07, 6.45) is 1.02. The van der Waals surface area contributed by atoms with Gasteiger partial charge >= 0.3 is 0 Å². The Morgan fingerprint density at radius 3 is 2.92 bits per heavy atom. The van der Waals surface area contributed by atoms with Crippen molar-refractivity contribution in [3.05, 3.63) is 27.4 Å². The first kappa shape index (κ1) is 9.96. The van der Waals surface area contributed by atoms with E-state index in [1.165, 1.54) is 14.2 Å². The van der Waals surface area contributed by atoms with Gasteiger partial charge in [0, 0.05) is 4.88 Å². The van der Waals surface area contributed by atoms with E-state index >= 15 is 0 Å². The van der Waals surface area contributed by atoms with Gasteiger partial charge in [0.25, 0.3) is 0 Å². The van der Waals surface area contributed by atoms with Crippen molar-refractivity contribution in [3.63, 3.8) is 0 Å². The molecule has 0 atom stereocenters. The Bertz CT molecular complexity index is 267. The zero-order valence-electron chi connectivity index (χ0n) is 7.06. The van der Waals surface area contributed by atoms with Gasteiger partial charge in [0.1, 0.15) is 0 Å². The molecular weight excluding hydrogens is 234 g/mol. The van der Waals surface area contributed by atoms with E-state index in [9.17, 15) is 0 Å². The van der Waals surface area contributed by atoms with Crippen molar-refractivity contribution in [2.75, 3.05) is 13.6 Å². The summed E-state index contributed by atoms with van der Waals surface area (Å²) in [6.45, 7) is 5.02. The van der Waals surface area contributed by atoms with E-state index < -0.39 is 0 Å². The molecule has 0 unspecified atom stereocenters. The van der Waals surface area contributed by atoms with Crippen molar-refractivity contribution in [1.82, 2.24) is 5.32 Å². The molecule has 0 aromatic carbocycles. The lowest BCUT2D eigenvalue weighted by molar-refractivity contribution is 0.817. The fourth-order valence-electron chi connectivity index (χ4n) is 0.903. The molecule has 1 heterocycles. The lowest BCUT2D eigenvalue weighted by atomic mass is 10.2. The summed E-state index contributed by atoms with van der Waals surface area (Å²) in [5, 5.41) is 3.11. The topological polar surface area (TPSA) is 12.0 Å². The van der Waals surface area contributed by atoms with Crippen LogP contribution in [-0.2, 0) is 0 Å². The summed E-state index contributed by atoms with van der Waals surface area (Å²) in [7, 11) is 1.96. The molecule has 1 nitrogen and oxygen atoms in total. The predicted octanol–water partition coefficient (Wildman–Crippen LogP) is 3.13. The van der Waals surface area contributed by atoms with Crippen molar-refractivity contribution in [2.24, 2.45) is 0 Å². The smallest absolute Gasteiger partial charge is 0.0704 e. The minimum atomic E-state index is 0.994. The largest absolute Gasteiger partial charge is 0.319 e. The molecule has 1 aromatic rings. The monoisotopic (exact) mass is 245 g/mol. The van der Waals surface area contributed by atoms with Gasteiger partial charge in [-0.2, -0.15) is 0 Å². The van der Waals surface area contributed by atoms with Crippen LogP contribution in [0.3, 0.4) is 0 Å². The highest BCUT2D eigenvalue weighted by molar-refractivity contribution is 9.11. The average molecular weight is 246 g/mol. The molecule has 0 aliphatic carbocycles. The van der Waals surface area contributed by atoms with E-state index in [1.54, 1.807) is 11.3 Å². The molecule has 1 N–H and O–H groups in total. The van der Waals surface area contributed by atoms with Gasteiger partial charge < -0.3 is 5.32 Å². The molecule has 0 aliphatic heterocycles. The third-order valence-corrected chi connectivity index (χ3v) is 3.32. The van der Waals surface area contributed by atoms with Crippen LogP contribution in [0.15, 0.2) is 22.5 Å². The molecule has 0 saturated carbocycles. The Morgan fingerprint density at radius 2 is 2.42 bits per heavy atom. The molecule has 12 heavy (non-hydrogen) atoms. The summed E-state index contributed by atoms with van der Waals surface area (Å²) < 4.78 is 1.17. The number of rotatable bonds is 4. The van der Waals surface area contributed by atoms with Crippen molar-refractivity contribution in [1.29, 1.82) is 0 Å². The van der Waals surface area contributed by atoms with Crippen molar-refractivity contribution in [3.8, 4) is 0 Å². The Morgan fingerprint density at radius 1 is 1.67 bits per heavy atom. The Labute approximate surface area is 85.6 Å². The summed E-state index contributed by atoms with van der Waals surface area (Å²) >= 11 is 5.17. The SMILES string of the molecule is C=C(CCNC)c1ccc(Br)s1. The van der Waals surface area contributed by atoms with Gasteiger partial charge in [-0.3, -0.25) is 0 Å². The van der Waals surface area contributed by atoms with Gasteiger partial charge in [0.05, 0.1) is 3.79 Å². The maximum absolute atomic E-state index is 4.03. The Hall–Kier alpha value is -0.120. The van der Waals surface area contributed by atoms with E-state index in [4.69, 9.17) is 0 Å². The molecular formula is C9H12BrNS. The van der Waals surface area contributed by atoms with Crippen LogP contribution in [0.4, 0.5) is 0 Å². The highest BCUT2D eigenvalue weighted by Gasteiger charge is 2.00. The molecule has 1 aromatic heterocycles. The molecule has 0 saturated heterocycles. The lowest BCUT2D eigenvalue weighted by Gasteiger charge is -2.00. The average Bonchev–Trinajstić information content (AvgIpc) is 2.47. The molecule has 0 bridgehead atoms. The summed E-state index contributed by atoms with van der Waals surface area (Å²) in [5.41, 5.74) is 1.21. The quantitative estimate of drug-likeness (QED) is 0.860. The second-order valence-corrected chi connectivity index (χ2v) is 5.02. The normalized spacial score (nSPS) is 10.2. The van der Waals surface area contributed by atoms with Crippen LogP contribution in [0.2, 0.25) is 0 Å². The van der Waals surface area contributed by atoms with Crippen LogP contribution in [0.25, 0.3) is 5.57 Å². The molecule has 66 valence electrons. The van der Waals surface area contributed by atoms with Crippen LogP contribution >= 0.6 is 27.3 Å². The molecule has 1 rings (SSSR count). The van der Waals surface area contributed by atoms with E-state index in [2.05, 4.69) is 40.0 Å². The Balaban J connectivity index is 2.53. The van der Waals surface area contributed by atoms with Crippen LogP contribution in [0, 0.1) is 0 Å². The molecule has 0 aliphatic rings. The van der Waals surface area contributed by atoms with E-state index in [-0.39, 0.29) is 0 Å². The number of halogens is 1. The number of nitrogens with one attached hydrogen (secondary N) is 1. The maximum Gasteiger partial charge on any atom is 0.0704 e. The zero-order valence-corrected chi connectivity index (χ0v) is 9.46. The summed E-state index contributed by atoms with van der Waals surface area (Å²) in [6, 6.07) is 4.16. The fraction of sp³-hybridized carbons (Fsp3) is 0.333. The molecule has 0 spiro atoms. The zero-order chi connectivity index (χ0) is 8.97. The molecule has 3 heteroatoms. The number of hydrogen-bond donors (Lipinski definition) is 1. The van der Waals surface area contributed by atoms with Gasteiger partial charge in [-0.05, 0) is 53.6 Å². The fourth-order valence-corrected chi connectivity index (χ4v) is 2.29. The first-order chi connectivity index (χ1) is 5.74. The maximum atomic E-state index is 4.03.